The summed E-state index contributed by atoms with van der Waals surface area (Å²) in [5.74, 6) is -0.00270. The summed E-state index contributed by atoms with van der Waals surface area (Å²) in [6.45, 7) is 5.15. The maximum Gasteiger partial charge on any atom is 0.413 e. The largest absolute Gasteiger partial charge is 0.450 e. The molecule has 0 spiro atoms. The molecule has 6 unspecified atom stereocenters. The quantitative estimate of drug-likeness (QED) is 0.547. The Bertz CT molecular complexity index is 705. The van der Waals surface area contributed by atoms with Crippen LogP contribution in [0.25, 0.3) is 0 Å². The molecule has 4 rings (SSSR count). The lowest BCUT2D eigenvalue weighted by molar-refractivity contribution is -0.127. The standard InChI is InChI=1S/C22H36N4O4S2/c1-3-30-22(29)25-18(27)15-10-12-31-20(15)24-19(28)21-26(14-7-5-4-6-8-14)17-13(2)23-11-9-16(17)32-21/h13-17,20-21,23H,3-12H2,1-2H3,(H,24,28)(H,25,27,29). The number of imide groups is 1. The minimum Gasteiger partial charge on any atom is -0.450 e. The number of hydrogen-bond donors (Lipinski definition) is 3. The van der Waals surface area contributed by atoms with Gasteiger partial charge in [-0.1, -0.05) is 19.3 Å². The third-order valence-corrected chi connectivity index (χ3v) is 10.00. The van der Waals surface area contributed by atoms with Crippen molar-refractivity contribution >= 4 is 41.4 Å². The number of carbonyl (C=O) groups excluding carboxylic acids is 3. The molecule has 4 fully saturated rings. The molecule has 0 bridgehead atoms. The molecule has 4 aliphatic rings. The van der Waals surface area contributed by atoms with Crippen LogP contribution < -0.4 is 16.0 Å². The molecular weight excluding hydrogens is 448 g/mol. The number of rotatable bonds is 5. The van der Waals surface area contributed by atoms with E-state index in [1.54, 1.807) is 18.7 Å². The lowest BCUT2D eigenvalue weighted by Crippen LogP contribution is -2.60. The van der Waals surface area contributed by atoms with Crippen LogP contribution >= 0.6 is 23.5 Å². The second kappa shape index (κ2) is 11.0. The van der Waals surface area contributed by atoms with E-state index in [0.29, 0.717) is 29.8 Å². The van der Waals surface area contributed by atoms with Gasteiger partial charge in [-0.05, 0) is 51.8 Å². The highest BCUT2D eigenvalue weighted by molar-refractivity contribution is 8.01. The number of nitrogens with zero attached hydrogens (tertiary/aromatic N) is 1. The second-order valence-electron chi connectivity index (χ2n) is 9.19. The van der Waals surface area contributed by atoms with Crippen molar-refractivity contribution in [3.63, 3.8) is 0 Å². The van der Waals surface area contributed by atoms with E-state index in [2.05, 4.69) is 27.8 Å². The zero-order valence-corrected chi connectivity index (χ0v) is 20.6. The monoisotopic (exact) mass is 484 g/mol. The summed E-state index contributed by atoms with van der Waals surface area (Å²) in [6.07, 6.45) is 7.05. The van der Waals surface area contributed by atoms with E-state index < -0.39 is 12.0 Å². The van der Waals surface area contributed by atoms with Crippen LogP contribution in [0.2, 0.25) is 0 Å². The molecule has 8 nitrogen and oxygen atoms in total. The van der Waals surface area contributed by atoms with Gasteiger partial charge in [-0.25, -0.2) is 4.79 Å². The number of piperidine rings is 1. The first-order chi connectivity index (χ1) is 15.5. The van der Waals surface area contributed by atoms with Gasteiger partial charge in [0.05, 0.1) is 17.9 Å². The fourth-order valence-electron chi connectivity index (χ4n) is 5.64. The summed E-state index contributed by atoms with van der Waals surface area (Å²) in [5, 5.41) is 9.04. The summed E-state index contributed by atoms with van der Waals surface area (Å²) in [7, 11) is 0. The number of alkyl carbamates (subject to hydrolysis) is 1. The summed E-state index contributed by atoms with van der Waals surface area (Å²) in [6, 6.07) is 1.18. The van der Waals surface area contributed by atoms with Crippen LogP contribution in [-0.4, -0.2) is 75.8 Å². The van der Waals surface area contributed by atoms with Crippen LogP contribution in [0, 0.1) is 5.92 Å². The van der Waals surface area contributed by atoms with E-state index >= 15 is 0 Å². The third-order valence-electron chi connectivity index (χ3n) is 7.14. The fraction of sp³-hybridized carbons (Fsp3) is 0.864. The van der Waals surface area contributed by atoms with Crippen LogP contribution in [0.5, 0.6) is 0 Å². The Labute approximate surface area is 199 Å². The van der Waals surface area contributed by atoms with E-state index in [4.69, 9.17) is 4.74 Å². The predicted octanol–water partition coefficient (Wildman–Crippen LogP) is 2.28. The summed E-state index contributed by atoms with van der Waals surface area (Å²) in [4.78, 5) is 40.4. The molecular formula is C22H36N4O4S2. The van der Waals surface area contributed by atoms with Gasteiger partial charge >= 0.3 is 6.09 Å². The number of thioether (sulfide) groups is 2. The van der Waals surface area contributed by atoms with Gasteiger partial charge in [0.1, 0.15) is 5.37 Å². The Kier molecular flexibility index (Phi) is 8.28. The van der Waals surface area contributed by atoms with Gasteiger partial charge in [-0.3, -0.25) is 19.8 Å². The topological polar surface area (TPSA) is 99.8 Å². The minimum absolute atomic E-state index is 0.00973. The van der Waals surface area contributed by atoms with Crippen LogP contribution in [-0.2, 0) is 14.3 Å². The SMILES string of the molecule is CCOC(=O)NC(=O)C1CCSC1NC(=O)C1SC2CCNC(C)C2N1C1CCCCC1. The van der Waals surface area contributed by atoms with Gasteiger partial charge in [-0.15, -0.1) is 23.5 Å². The first-order valence-electron chi connectivity index (χ1n) is 12.1. The molecule has 10 heteroatoms. The van der Waals surface area contributed by atoms with E-state index in [9.17, 15) is 14.4 Å². The van der Waals surface area contributed by atoms with E-state index in [0.717, 1.165) is 31.6 Å². The average molecular weight is 485 g/mol. The molecule has 0 aromatic carbocycles. The van der Waals surface area contributed by atoms with Crippen molar-refractivity contribution in [2.24, 2.45) is 5.92 Å². The highest BCUT2D eigenvalue weighted by Gasteiger charge is 2.51. The summed E-state index contributed by atoms with van der Waals surface area (Å²) < 4.78 is 4.83. The summed E-state index contributed by atoms with van der Waals surface area (Å²) >= 11 is 3.39. The van der Waals surface area contributed by atoms with Crippen LogP contribution in [0.15, 0.2) is 0 Å². The molecule has 1 aliphatic carbocycles. The zero-order valence-electron chi connectivity index (χ0n) is 19.0. The first kappa shape index (κ1) is 24.2. The average Bonchev–Trinajstić information content (AvgIpc) is 3.40. The van der Waals surface area contributed by atoms with E-state index in [1.165, 1.54) is 19.3 Å². The molecule has 3 aliphatic heterocycles. The van der Waals surface area contributed by atoms with Crippen molar-refractivity contribution in [2.75, 3.05) is 18.9 Å². The maximum atomic E-state index is 13.6. The smallest absolute Gasteiger partial charge is 0.413 e. The Morgan fingerprint density at radius 1 is 1.09 bits per heavy atom. The van der Waals surface area contributed by atoms with Crippen LogP contribution in [0.1, 0.15) is 58.8 Å². The maximum absolute atomic E-state index is 13.6. The van der Waals surface area contributed by atoms with E-state index in [-0.39, 0.29) is 29.2 Å². The molecule has 32 heavy (non-hydrogen) atoms. The lowest BCUT2D eigenvalue weighted by Gasteiger charge is -2.43. The molecule has 0 aromatic rings. The highest BCUT2D eigenvalue weighted by Crippen LogP contribution is 2.44. The van der Waals surface area contributed by atoms with Gasteiger partial charge in [-0.2, -0.15) is 0 Å². The normalized spacial score (nSPS) is 35.8. The van der Waals surface area contributed by atoms with Crippen molar-refractivity contribution in [3.05, 3.63) is 0 Å². The molecule has 3 heterocycles. The Morgan fingerprint density at radius 3 is 2.62 bits per heavy atom. The van der Waals surface area contributed by atoms with Gasteiger partial charge in [0.25, 0.3) is 0 Å². The zero-order chi connectivity index (χ0) is 22.7. The molecule has 3 amide bonds. The van der Waals surface area contributed by atoms with Crippen LogP contribution in [0.3, 0.4) is 0 Å². The third kappa shape index (κ3) is 5.23. The number of carbonyl (C=O) groups is 3. The van der Waals surface area contributed by atoms with Gasteiger partial charge in [0.15, 0.2) is 0 Å². The Hall–Kier alpha value is -0.970. The predicted molar refractivity (Wildman–Crippen MR) is 127 cm³/mol. The number of amides is 3. The molecule has 0 radical (unpaired) electrons. The minimum atomic E-state index is -0.722. The molecule has 3 N–H and O–H groups in total. The molecule has 1 saturated carbocycles. The van der Waals surface area contributed by atoms with Gasteiger partial charge < -0.3 is 15.4 Å². The number of fused-ring (bicyclic) bond motifs is 1. The van der Waals surface area contributed by atoms with Crippen molar-refractivity contribution in [1.82, 2.24) is 20.9 Å². The highest BCUT2D eigenvalue weighted by atomic mass is 32.2. The summed E-state index contributed by atoms with van der Waals surface area (Å²) in [5.41, 5.74) is 0. The Balaban J connectivity index is 1.44. The van der Waals surface area contributed by atoms with Crippen molar-refractivity contribution < 1.29 is 19.1 Å². The number of nitrogens with one attached hydrogen (secondary N) is 3. The lowest BCUT2D eigenvalue weighted by atomic mass is 9.89. The fourth-order valence-corrected chi connectivity index (χ4v) is 8.74. The van der Waals surface area contributed by atoms with Gasteiger partial charge in [0, 0.05) is 23.4 Å². The Morgan fingerprint density at radius 2 is 1.88 bits per heavy atom. The molecule has 0 aromatic heterocycles. The first-order valence-corrected chi connectivity index (χ1v) is 14.0. The van der Waals surface area contributed by atoms with Crippen molar-refractivity contribution in [2.45, 2.75) is 92.9 Å². The second-order valence-corrected chi connectivity index (χ2v) is 11.8. The molecule has 180 valence electrons. The molecule has 3 saturated heterocycles. The molecule has 6 atom stereocenters. The van der Waals surface area contributed by atoms with Gasteiger partial charge in [0.2, 0.25) is 11.8 Å². The number of ether oxygens (including phenoxy) is 1. The van der Waals surface area contributed by atoms with Crippen LogP contribution in [0.4, 0.5) is 4.79 Å². The number of hydrogen-bond acceptors (Lipinski definition) is 8. The van der Waals surface area contributed by atoms with E-state index in [1.807, 2.05) is 11.8 Å². The van der Waals surface area contributed by atoms with Crippen molar-refractivity contribution in [1.29, 1.82) is 0 Å². The van der Waals surface area contributed by atoms with Crippen molar-refractivity contribution in [3.8, 4) is 0 Å².